The van der Waals surface area contributed by atoms with Crippen molar-refractivity contribution in [1.29, 1.82) is 0 Å². The first-order valence-corrected chi connectivity index (χ1v) is 9.22. The lowest BCUT2D eigenvalue weighted by molar-refractivity contribution is -0.147. The second kappa shape index (κ2) is 6.99. The summed E-state index contributed by atoms with van der Waals surface area (Å²) in [4.78, 5) is 14.5. The lowest BCUT2D eigenvalue weighted by atomic mass is 9.74. The number of hydrogen-bond acceptors (Lipinski definition) is 2. The first kappa shape index (κ1) is 18.2. The normalized spacial score (nSPS) is 24.0. The molecule has 5 heteroatoms. The minimum Gasteiger partial charge on any atom is -0.317 e. The maximum atomic E-state index is 12.7. The van der Waals surface area contributed by atoms with E-state index in [1.165, 1.54) is 0 Å². The number of amides is 1. The van der Waals surface area contributed by atoms with Crippen molar-refractivity contribution in [2.45, 2.75) is 44.3 Å². The van der Waals surface area contributed by atoms with Gasteiger partial charge >= 0.3 is 0 Å². The summed E-state index contributed by atoms with van der Waals surface area (Å²) in [6.45, 7) is 3.99. The third-order valence-corrected chi connectivity index (χ3v) is 5.41. The van der Waals surface area contributed by atoms with Crippen LogP contribution in [0.3, 0.4) is 0 Å². The Labute approximate surface area is 158 Å². The summed E-state index contributed by atoms with van der Waals surface area (Å²) >= 11 is 12.3. The molecule has 3 nitrogen and oxygen atoms in total. The van der Waals surface area contributed by atoms with Crippen LogP contribution in [0.25, 0.3) is 0 Å². The van der Waals surface area contributed by atoms with Crippen molar-refractivity contribution in [1.82, 2.24) is 4.90 Å². The number of piperidine rings is 1. The molecule has 0 bridgehead atoms. The van der Waals surface area contributed by atoms with Crippen LogP contribution in [0.5, 0.6) is 0 Å². The number of nitrogens with two attached hydrogens (primary N) is 1. The number of rotatable bonds is 3. The molecule has 0 unspecified atom stereocenters. The summed E-state index contributed by atoms with van der Waals surface area (Å²) in [6, 6.07) is 15.2. The summed E-state index contributed by atoms with van der Waals surface area (Å²) in [7, 11) is 0. The average molecular weight is 377 g/mol. The Morgan fingerprint density at radius 1 is 1.12 bits per heavy atom. The molecule has 1 aliphatic rings. The van der Waals surface area contributed by atoms with Crippen LogP contribution in [-0.4, -0.2) is 16.8 Å². The first-order valence-electron chi connectivity index (χ1n) is 8.46. The molecule has 1 heterocycles. The van der Waals surface area contributed by atoms with E-state index in [-0.39, 0.29) is 17.9 Å². The predicted octanol–water partition coefficient (Wildman–Crippen LogP) is 4.92. The number of likely N-dealkylation sites (tertiary alicyclic amines) is 1. The highest BCUT2D eigenvalue weighted by Crippen LogP contribution is 2.46. The molecule has 1 amide bonds. The molecule has 0 aromatic heterocycles. The molecule has 25 heavy (non-hydrogen) atoms. The van der Waals surface area contributed by atoms with E-state index in [1.807, 2.05) is 67.3 Å². The maximum absolute atomic E-state index is 12.7. The SMILES string of the molecule is CC(C)N1C(=O)CC[C@H](c2cccc(Cl)c2)[C@@]1(N)c1ccc(Cl)cc1. The van der Waals surface area contributed by atoms with Crippen molar-refractivity contribution in [3.63, 3.8) is 0 Å². The summed E-state index contributed by atoms with van der Waals surface area (Å²) in [6.07, 6.45) is 1.16. The smallest absolute Gasteiger partial charge is 0.224 e. The summed E-state index contributed by atoms with van der Waals surface area (Å²) in [5, 5.41) is 1.31. The van der Waals surface area contributed by atoms with Crippen LogP contribution >= 0.6 is 23.2 Å². The van der Waals surface area contributed by atoms with Crippen molar-refractivity contribution in [2.24, 2.45) is 5.73 Å². The Bertz CT molecular complexity index is 776. The van der Waals surface area contributed by atoms with Crippen LogP contribution in [0.15, 0.2) is 48.5 Å². The van der Waals surface area contributed by atoms with E-state index in [4.69, 9.17) is 28.9 Å². The number of carbonyl (C=O) groups excluding carboxylic acids is 1. The van der Waals surface area contributed by atoms with Crippen molar-refractivity contribution >= 4 is 29.1 Å². The van der Waals surface area contributed by atoms with E-state index in [0.29, 0.717) is 22.9 Å². The second-order valence-electron chi connectivity index (χ2n) is 6.84. The molecule has 1 aliphatic heterocycles. The van der Waals surface area contributed by atoms with Crippen molar-refractivity contribution < 1.29 is 4.79 Å². The number of benzene rings is 2. The molecule has 2 aromatic rings. The lowest BCUT2D eigenvalue weighted by Gasteiger charge is -2.52. The highest BCUT2D eigenvalue weighted by atomic mass is 35.5. The fourth-order valence-corrected chi connectivity index (χ4v) is 4.22. The average Bonchev–Trinajstić information content (AvgIpc) is 2.55. The summed E-state index contributed by atoms with van der Waals surface area (Å²) in [5.41, 5.74) is 7.99. The largest absolute Gasteiger partial charge is 0.317 e. The fraction of sp³-hybridized carbons (Fsp3) is 0.350. The van der Waals surface area contributed by atoms with Gasteiger partial charge in [-0.25, -0.2) is 0 Å². The van der Waals surface area contributed by atoms with Crippen molar-refractivity contribution in [2.75, 3.05) is 0 Å². The molecule has 3 rings (SSSR count). The Morgan fingerprint density at radius 2 is 1.80 bits per heavy atom. The van der Waals surface area contributed by atoms with Crippen LogP contribution in [-0.2, 0) is 10.5 Å². The van der Waals surface area contributed by atoms with Crippen LogP contribution < -0.4 is 5.73 Å². The van der Waals surface area contributed by atoms with Gasteiger partial charge in [0.1, 0.15) is 5.66 Å². The molecule has 0 radical (unpaired) electrons. The molecule has 0 aliphatic carbocycles. The number of carbonyl (C=O) groups is 1. The molecule has 1 fully saturated rings. The number of nitrogens with zero attached hydrogens (tertiary/aromatic N) is 1. The third kappa shape index (κ3) is 3.29. The summed E-state index contributed by atoms with van der Waals surface area (Å²) in [5.74, 6) is 0.0261. The van der Waals surface area contributed by atoms with Crippen molar-refractivity contribution in [3.05, 3.63) is 69.7 Å². The van der Waals surface area contributed by atoms with E-state index >= 15 is 0 Å². The topological polar surface area (TPSA) is 46.3 Å². The van der Waals surface area contributed by atoms with Crippen LogP contribution in [0, 0.1) is 0 Å². The zero-order valence-corrected chi connectivity index (χ0v) is 15.9. The Morgan fingerprint density at radius 3 is 2.40 bits per heavy atom. The van der Waals surface area contributed by atoms with Gasteiger partial charge < -0.3 is 10.6 Å². The minimum atomic E-state index is -0.946. The van der Waals surface area contributed by atoms with E-state index in [0.717, 1.165) is 11.1 Å². The molecule has 132 valence electrons. The van der Waals surface area contributed by atoms with Gasteiger partial charge in [0.25, 0.3) is 0 Å². The third-order valence-electron chi connectivity index (χ3n) is 4.92. The van der Waals surface area contributed by atoms with Gasteiger partial charge in [0, 0.05) is 28.4 Å². The zero-order chi connectivity index (χ0) is 18.2. The Hall–Kier alpha value is -1.55. The van der Waals surface area contributed by atoms with Gasteiger partial charge in [-0.2, -0.15) is 0 Å². The van der Waals surface area contributed by atoms with Crippen molar-refractivity contribution in [3.8, 4) is 0 Å². The maximum Gasteiger partial charge on any atom is 0.224 e. The lowest BCUT2D eigenvalue weighted by Crippen LogP contribution is -2.64. The van der Waals surface area contributed by atoms with Crippen LogP contribution in [0.4, 0.5) is 0 Å². The van der Waals surface area contributed by atoms with E-state index < -0.39 is 5.66 Å². The van der Waals surface area contributed by atoms with Gasteiger partial charge in [-0.15, -0.1) is 0 Å². The molecule has 2 N–H and O–H groups in total. The summed E-state index contributed by atoms with van der Waals surface area (Å²) < 4.78 is 0. The van der Waals surface area contributed by atoms with Gasteiger partial charge in [0.2, 0.25) is 5.91 Å². The van der Waals surface area contributed by atoms with Crippen LogP contribution in [0.2, 0.25) is 10.0 Å². The molecular formula is C20H22Cl2N2O. The van der Waals surface area contributed by atoms with E-state index in [1.54, 1.807) is 0 Å². The van der Waals surface area contributed by atoms with Crippen LogP contribution in [0.1, 0.15) is 43.7 Å². The zero-order valence-electron chi connectivity index (χ0n) is 14.4. The number of hydrogen-bond donors (Lipinski definition) is 1. The molecule has 2 aromatic carbocycles. The van der Waals surface area contributed by atoms with Gasteiger partial charge in [-0.3, -0.25) is 4.79 Å². The molecule has 1 saturated heterocycles. The van der Waals surface area contributed by atoms with E-state index in [9.17, 15) is 4.79 Å². The second-order valence-corrected chi connectivity index (χ2v) is 7.71. The van der Waals surface area contributed by atoms with Gasteiger partial charge in [-0.1, -0.05) is 47.5 Å². The fourth-order valence-electron chi connectivity index (χ4n) is 3.90. The standard InChI is InChI=1S/C20H22Cl2N2O/c1-13(2)24-19(25)11-10-18(14-4-3-5-17(22)12-14)20(24,23)15-6-8-16(21)9-7-15/h3-9,12-13,18H,10-11,23H2,1-2H3/t18-,20-/m1/s1. The minimum absolute atomic E-state index is 0.0184. The monoisotopic (exact) mass is 376 g/mol. The van der Waals surface area contributed by atoms with Gasteiger partial charge in [0.05, 0.1) is 0 Å². The highest BCUT2D eigenvalue weighted by Gasteiger charge is 2.49. The van der Waals surface area contributed by atoms with Gasteiger partial charge in [-0.05, 0) is 55.7 Å². The molecule has 2 atom stereocenters. The molecule has 0 spiro atoms. The van der Waals surface area contributed by atoms with E-state index in [2.05, 4.69) is 0 Å². The molecule has 0 saturated carbocycles. The molecular weight excluding hydrogens is 355 g/mol. The highest BCUT2D eigenvalue weighted by molar-refractivity contribution is 6.30. The Balaban J connectivity index is 2.18. The first-order chi connectivity index (χ1) is 11.8. The number of halogens is 2. The Kier molecular flexibility index (Phi) is 5.10. The predicted molar refractivity (Wildman–Crippen MR) is 103 cm³/mol. The quantitative estimate of drug-likeness (QED) is 0.825. The van der Waals surface area contributed by atoms with Gasteiger partial charge in [0.15, 0.2) is 0 Å².